The van der Waals surface area contributed by atoms with Crippen LogP contribution in [0.15, 0.2) is 60.7 Å². The number of benzene rings is 3. The van der Waals surface area contributed by atoms with Gasteiger partial charge in [-0.25, -0.2) is 4.98 Å². The fraction of sp³-hybridized carbons (Fsp3) is 0.394. The van der Waals surface area contributed by atoms with Crippen LogP contribution in [-0.4, -0.2) is 28.6 Å². The van der Waals surface area contributed by atoms with Gasteiger partial charge in [-0.15, -0.1) is 0 Å². The number of carbonyl (C=O) groups excluding carboxylic acids is 1. The molecule has 0 saturated carbocycles. The summed E-state index contributed by atoms with van der Waals surface area (Å²) in [7, 11) is 0. The first kappa shape index (κ1) is 26.0. The zero-order valence-electron chi connectivity index (χ0n) is 23.3. The predicted octanol–water partition coefficient (Wildman–Crippen LogP) is 7.46. The van der Waals surface area contributed by atoms with Crippen molar-refractivity contribution in [2.24, 2.45) is 0 Å². The van der Waals surface area contributed by atoms with Crippen molar-refractivity contribution in [1.82, 2.24) is 9.55 Å². The number of carbonyl (C=O) groups is 1. The van der Waals surface area contributed by atoms with Crippen LogP contribution in [0.2, 0.25) is 0 Å². The number of imidazole rings is 1. The zero-order valence-corrected chi connectivity index (χ0v) is 23.3. The Hall–Kier alpha value is -3.60. The highest BCUT2D eigenvalue weighted by molar-refractivity contribution is 5.98. The molecule has 1 fully saturated rings. The first-order valence-electron chi connectivity index (χ1n) is 13.9. The monoisotopic (exact) mass is 509 g/mol. The summed E-state index contributed by atoms with van der Waals surface area (Å²) in [6.45, 7) is 12.9. The summed E-state index contributed by atoms with van der Waals surface area (Å²) in [4.78, 5) is 20.2. The molecule has 1 aliphatic heterocycles. The third-order valence-corrected chi connectivity index (χ3v) is 7.71. The van der Waals surface area contributed by atoms with Gasteiger partial charge < -0.3 is 14.2 Å². The van der Waals surface area contributed by atoms with Crippen molar-refractivity contribution in [2.45, 2.75) is 72.3 Å². The Balaban J connectivity index is 1.31. The van der Waals surface area contributed by atoms with Crippen LogP contribution in [0.5, 0.6) is 5.75 Å². The topological polar surface area (TPSA) is 47.4 Å². The molecule has 1 saturated heterocycles. The number of amides is 1. The molecule has 1 aromatic heterocycles. The Morgan fingerprint density at radius 1 is 0.974 bits per heavy atom. The van der Waals surface area contributed by atoms with Crippen LogP contribution in [0.1, 0.15) is 73.0 Å². The Labute approximate surface area is 226 Å². The summed E-state index contributed by atoms with van der Waals surface area (Å²) in [6.07, 6.45) is 2.43. The molecular weight excluding hydrogens is 470 g/mol. The smallest absolute Gasteiger partial charge is 0.227 e. The molecule has 1 atom stereocenters. The van der Waals surface area contributed by atoms with Crippen molar-refractivity contribution in [2.75, 3.05) is 18.1 Å². The van der Waals surface area contributed by atoms with Gasteiger partial charge in [-0.3, -0.25) is 4.79 Å². The first-order valence-corrected chi connectivity index (χ1v) is 13.9. The standard InChI is InChI=1S/C33H39N3O2/c1-22(2)27-16-15-23(3)19-30(27)38-18-9-8-17-35-29-14-7-6-13-28(29)34-33(35)26-20-31(37)36(21-26)32-24(4)11-10-12-25(32)5/h6-7,10-16,19,22,26H,8-9,17-18,20-21H2,1-5H3. The molecule has 3 aromatic carbocycles. The van der Waals surface area contributed by atoms with Crippen LogP contribution in [0, 0.1) is 20.8 Å². The summed E-state index contributed by atoms with van der Waals surface area (Å²) in [5.74, 6) is 2.71. The highest BCUT2D eigenvalue weighted by Crippen LogP contribution is 2.36. The second-order valence-corrected chi connectivity index (χ2v) is 11.0. The van der Waals surface area contributed by atoms with E-state index < -0.39 is 0 Å². The van der Waals surface area contributed by atoms with Gasteiger partial charge in [-0.1, -0.05) is 56.3 Å². The van der Waals surface area contributed by atoms with Crippen LogP contribution in [0.25, 0.3) is 11.0 Å². The van der Waals surface area contributed by atoms with Gasteiger partial charge in [0.25, 0.3) is 0 Å². The van der Waals surface area contributed by atoms with E-state index in [4.69, 9.17) is 9.72 Å². The van der Waals surface area contributed by atoms with Crippen molar-refractivity contribution in [3.05, 3.63) is 88.7 Å². The van der Waals surface area contributed by atoms with E-state index in [0.29, 0.717) is 25.5 Å². The largest absolute Gasteiger partial charge is 0.493 e. The van der Waals surface area contributed by atoms with Gasteiger partial charge in [-0.05, 0) is 80.0 Å². The normalized spacial score (nSPS) is 15.7. The van der Waals surface area contributed by atoms with E-state index in [0.717, 1.165) is 58.8 Å². The van der Waals surface area contributed by atoms with Gasteiger partial charge in [0.15, 0.2) is 0 Å². The van der Waals surface area contributed by atoms with Crippen molar-refractivity contribution in [3.8, 4) is 5.75 Å². The predicted molar refractivity (Wildman–Crippen MR) is 155 cm³/mol. The number of para-hydroxylation sites is 3. The van der Waals surface area contributed by atoms with Crippen LogP contribution in [0.3, 0.4) is 0 Å². The fourth-order valence-corrected chi connectivity index (χ4v) is 5.77. The van der Waals surface area contributed by atoms with Gasteiger partial charge in [-0.2, -0.15) is 0 Å². The van der Waals surface area contributed by atoms with Gasteiger partial charge in [0.05, 0.1) is 17.6 Å². The molecule has 0 N–H and O–H groups in total. The van der Waals surface area contributed by atoms with Crippen molar-refractivity contribution < 1.29 is 9.53 Å². The number of hydrogen-bond donors (Lipinski definition) is 0. The molecule has 5 rings (SSSR count). The molecule has 1 unspecified atom stereocenters. The quantitative estimate of drug-likeness (QED) is 0.220. The van der Waals surface area contributed by atoms with Crippen molar-refractivity contribution >= 4 is 22.6 Å². The lowest BCUT2D eigenvalue weighted by molar-refractivity contribution is -0.117. The number of anilines is 1. The molecule has 0 bridgehead atoms. The van der Waals surface area contributed by atoms with Crippen LogP contribution in [-0.2, 0) is 11.3 Å². The molecule has 1 aliphatic rings. The maximum atomic E-state index is 13.2. The number of ether oxygens (including phenoxy) is 1. The average Bonchev–Trinajstić information content (AvgIpc) is 3.44. The average molecular weight is 510 g/mol. The number of rotatable bonds is 9. The Morgan fingerprint density at radius 2 is 1.74 bits per heavy atom. The van der Waals surface area contributed by atoms with Gasteiger partial charge in [0.2, 0.25) is 5.91 Å². The van der Waals surface area contributed by atoms with Crippen LogP contribution in [0.4, 0.5) is 5.69 Å². The highest BCUT2D eigenvalue weighted by Gasteiger charge is 2.35. The van der Waals surface area contributed by atoms with E-state index in [1.54, 1.807) is 0 Å². The zero-order chi connectivity index (χ0) is 26.8. The van der Waals surface area contributed by atoms with Gasteiger partial charge >= 0.3 is 0 Å². The fourth-order valence-electron chi connectivity index (χ4n) is 5.77. The highest BCUT2D eigenvalue weighted by atomic mass is 16.5. The van der Waals surface area contributed by atoms with Crippen LogP contribution < -0.4 is 9.64 Å². The molecule has 0 radical (unpaired) electrons. The summed E-state index contributed by atoms with van der Waals surface area (Å²) in [5.41, 5.74) is 7.96. The second kappa shape index (κ2) is 11.0. The maximum absolute atomic E-state index is 13.2. The summed E-state index contributed by atoms with van der Waals surface area (Å²) >= 11 is 0. The van der Waals surface area contributed by atoms with Crippen molar-refractivity contribution in [1.29, 1.82) is 0 Å². The molecule has 1 amide bonds. The van der Waals surface area contributed by atoms with E-state index in [2.05, 4.69) is 93.8 Å². The summed E-state index contributed by atoms with van der Waals surface area (Å²) < 4.78 is 8.58. The van der Waals surface area contributed by atoms with E-state index in [1.807, 2.05) is 11.0 Å². The lowest BCUT2D eigenvalue weighted by atomic mass is 10.0. The molecule has 198 valence electrons. The number of aromatic nitrogens is 2. The minimum atomic E-state index is 0.0750. The number of nitrogens with zero attached hydrogens (tertiary/aromatic N) is 3. The maximum Gasteiger partial charge on any atom is 0.227 e. The molecule has 5 heteroatoms. The summed E-state index contributed by atoms with van der Waals surface area (Å²) in [6, 6.07) is 21.0. The van der Waals surface area contributed by atoms with Gasteiger partial charge in [0, 0.05) is 31.1 Å². The lowest BCUT2D eigenvalue weighted by Crippen LogP contribution is -2.26. The van der Waals surface area contributed by atoms with Crippen molar-refractivity contribution in [3.63, 3.8) is 0 Å². The Morgan fingerprint density at radius 3 is 2.50 bits per heavy atom. The molecule has 0 spiro atoms. The molecule has 2 heterocycles. The first-order chi connectivity index (χ1) is 18.3. The second-order valence-electron chi connectivity index (χ2n) is 11.0. The minimum absolute atomic E-state index is 0.0750. The van der Waals surface area contributed by atoms with E-state index in [1.165, 1.54) is 11.1 Å². The number of fused-ring (bicyclic) bond motifs is 1. The van der Waals surface area contributed by atoms with E-state index >= 15 is 0 Å². The number of aryl methyl sites for hydroxylation is 4. The Bertz CT molecular complexity index is 1430. The molecular formula is C33H39N3O2. The molecule has 38 heavy (non-hydrogen) atoms. The minimum Gasteiger partial charge on any atom is -0.493 e. The molecule has 5 nitrogen and oxygen atoms in total. The number of unbranched alkanes of at least 4 members (excludes halogenated alkanes) is 1. The third-order valence-electron chi connectivity index (χ3n) is 7.71. The SMILES string of the molecule is Cc1ccc(C(C)C)c(OCCCCn2c(C3CC(=O)N(c4c(C)cccc4C)C3)nc3ccccc32)c1. The molecule has 0 aliphatic carbocycles. The third kappa shape index (κ3) is 5.20. The Kier molecular flexibility index (Phi) is 7.55. The lowest BCUT2D eigenvalue weighted by Gasteiger charge is -2.21. The van der Waals surface area contributed by atoms with Gasteiger partial charge in [0.1, 0.15) is 11.6 Å². The summed E-state index contributed by atoms with van der Waals surface area (Å²) in [5, 5.41) is 0. The van der Waals surface area contributed by atoms with E-state index in [9.17, 15) is 4.79 Å². The molecule has 4 aromatic rings. The van der Waals surface area contributed by atoms with E-state index in [-0.39, 0.29) is 11.8 Å². The van der Waals surface area contributed by atoms with Crippen LogP contribution >= 0.6 is 0 Å². The number of hydrogen-bond acceptors (Lipinski definition) is 3.